The number of hydrogen-bond acceptors (Lipinski definition) is 3. The third kappa shape index (κ3) is 2.78. The first-order valence-corrected chi connectivity index (χ1v) is 7.19. The van der Waals surface area contributed by atoms with E-state index in [4.69, 9.17) is 17.4 Å². The zero-order chi connectivity index (χ0) is 14.8. The summed E-state index contributed by atoms with van der Waals surface area (Å²) in [5.74, 6) is 5.73. The standard InChI is InChI=1S/C16H17ClN4/c1-11-6-7-12(8-13(11)17)15(20-18)9-21-10-19-14-4-2-3-5-16(14)21/h2-8,10,15,20H,9,18H2,1H3. The van der Waals surface area contributed by atoms with Crippen molar-refractivity contribution in [3.8, 4) is 0 Å². The average Bonchev–Trinajstić information content (AvgIpc) is 2.91. The highest BCUT2D eigenvalue weighted by atomic mass is 35.5. The van der Waals surface area contributed by atoms with Gasteiger partial charge in [-0.1, -0.05) is 35.9 Å². The van der Waals surface area contributed by atoms with Crippen LogP contribution in [0.5, 0.6) is 0 Å². The van der Waals surface area contributed by atoms with Crippen LogP contribution in [0.25, 0.3) is 11.0 Å². The van der Waals surface area contributed by atoms with Crippen molar-refractivity contribution in [2.45, 2.75) is 19.5 Å². The van der Waals surface area contributed by atoms with Gasteiger partial charge < -0.3 is 4.57 Å². The summed E-state index contributed by atoms with van der Waals surface area (Å²) in [7, 11) is 0. The van der Waals surface area contributed by atoms with Crippen LogP contribution in [0, 0.1) is 6.92 Å². The van der Waals surface area contributed by atoms with E-state index in [1.54, 1.807) is 0 Å². The van der Waals surface area contributed by atoms with Gasteiger partial charge in [0.25, 0.3) is 0 Å². The minimum Gasteiger partial charge on any atom is -0.329 e. The number of benzene rings is 2. The van der Waals surface area contributed by atoms with E-state index >= 15 is 0 Å². The maximum Gasteiger partial charge on any atom is 0.0958 e. The van der Waals surface area contributed by atoms with Crippen molar-refractivity contribution in [2.24, 2.45) is 5.84 Å². The molecular formula is C16H17ClN4. The van der Waals surface area contributed by atoms with Crippen molar-refractivity contribution >= 4 is 22.6 Å². The second-order valence-corrected chi connectivity index (χ2v) is 5.52. The SMILES string of the molecule is Cc1ccc(C(Cn2cnc3ccccc32)NN)cc1Cl. The van der Waals surface area contributed by atoms with Crippen LogP contribution in [0.3, 0.4) is 0 Å². The highest BCUT2D eigenvalue weighted by Gasteiger charge is 2.13. The van der Waals surface area contributed by atoms with E-state index in [0.29, 0.717) is 6.54 Å². The van der Waals surface area contributed by atoms with Gasteiger partial charge in [0.1, 0.15) is 0 Å². The molecule has 0 aliphatic rings. The molecule has 0 aliphatic heterocycles. The highest BCUT2D eigenvalue weighted by Crippen LogP contribution is 2.23. The van der Waals surface area contributed by atoms with Crippen molar-refractivity contribution in [1.29, 1.82) is 0 Å². The van der Waals surface area contributed by atoms with Crippen molar-refractivity contribution in [2.75, 3.05) is 0 Å². The summed E-state index contributed by atoms with van der Waals surface area (Å²) in [5.41, 5.74) is 7.06. The number of para-hydroxylation sites is 2. The molecule has 5 heteroatoms. The summed E-state index contributed by atoms with van der Waals surface area (Å²) in [6.07, 6.45) is 1.84. The molecule has 3 N–H and O–H groups in total. The van der Waals surface area contributed by atoms with Gasteiger partial charge >= 0.3 is 0 Å². The van der Waals surface area contributed by atoms with Gasteiger partial charge in [-0.15, -0.1) is 0 Å². The predicted molar refractivity (Wildman–Crippen MR) is 86.0 cm³/mol. The summed E-state index contributed by atoms with van der Waals surface area (Å²) in [5, 5.41) is 0.753. The Kier molecular flexibility index (Phi) is 3.92. The van der Waals surface area contributed by atoms with Gasteiger partial charge in [0.2, 0.25) is 0 Å². The molecule has 3 aromatic rings. The molecule has 1 aromatic heterocycles. The second kappa shape index (κ2) is 5.85. The second-order valence-electron chi connectivity index (χ2n) is 5.11. The molecule has 0 bridgehead atoms. The lowest BCUT2D eigenvalue weighted by molar-refractivity contribution is 0.481. The van der Waals surface area contributed by atoms with Crippen molar-refractivity contribution in [3.05, 3.63) is 64.9 Å². The number of rotatable bonds is 4. The van der Waals surface area contributed by atoms with Gasteiger partial charge in [0, 0.05) is 11.6 Å². The van der Waals surface area contributed by atoms with E-state index in [2.05, 4.69) is 21.0 Å². The van der Waals surface area contributed by atoms with Crippen LogP contribution >= 0.6 is 11.6 Å². The molecule has 0 saturated heterocycles. The monoisotopic (exact) mass is 300 g/mol. The molecule has 1 atom stereocenters. The zero-order valence-corrected chi connectivity index (χ0v) is 12.5. The minimum atomic E-state index is -0.0271. The van der Waals surface area contributed by atoms with E-state index in [9.17, 15) is 0 Å². The van der Waals surface area contributed by atoms with Crippen LogP contribution in [-0.2, 0) is 6.54 Å². The molecule has 4 nitrogen and oxygen atoms in total. The Hall–Kier alpha value is -1.88. The number of aryl methyl sites for hydroxylation is 1. The maximum absolute atomic E-state index is 6.20. The molecular weight excluding hydrogens is 284 g/mol. The number of hydrazine groups is 1. The van der Waals surface area contributed by atoms with E-state index in [1.807, 2.05) is 49.6 Å². The molecule has 0 aliphatic carbocycles. The van der Waals surface area contributed by atoms with Crippen molar-refractivity contribution < 1.29 is 0 Å². The lowest BCUT2D eigenvalue weighted by Gasteiger charge is -2.18. The molecule has 0 radical (unpaired) electrons. The van der Waals surface area contributed by atoms with E-state index in [-0.39, 0.29) is 6.04 Å². The normalized spacial score (nSPS) is 12.7. The number of fused-ring (bicyclic) bond motifs is 1. The Morgan fingerprint density at radius 3 is 2.86 bits per heavy atom. The predicted octanol–water partition coefficient (Wildman–Crippen LogP) is 3.20. The number of aromatic nitrogens is 2. The summed E-state index contributed by atoms with van der Waals surface area (Å²) < 4.78 is 2.09. The van der Waals surface area contributed by atoms with Crippen LogP contribution in [0.2, 0.25) is 5.02 Å². The Morgan fingerprint density at radius 1 is 1.29 bits per heavy atom. The number of hydrogen-bond donors (Lipinski definition) is 2. The van der Waals surface area contributed by atoms with Crippen molar-refractivity contribution in [1.82, 2.24) is 15.0 Å². The molecule has 0 fully saturated rings. The molecule has 0 saturated carbocycles. The lowest BCUT2D eigenvalue weighted by atomic mass is 10.1. The van der Waals surface area contributed by atoms with Crippen molar-refractivity contribution in [3.63, 3.8) is 0 Å². The molecule has 2 aromatic carbocycles. The maximum atomic E-state index is 6.20. The van der Waals surface area contributed by atoms with Gasteiger partial charge in [0.05, 0.1) is 23.4 Å². The largest absolute Gasteiger partial charge is 0.329 e. The van der Waals surface area contributed by atoms with Crippen LogP contribution in [-0.4, -0.2) is 9.55 Å². The van der Waals surface area contributed by atoms with E-state index < -0.39 is 0 Å². The average molecular weight is 301 g/mol. The molecule has 0 amide bonds. The summed E-state index contributed by atoms with van der Waals surface area (Å²) in [6.45, 7) is 2.68. The number of halogens is 1. The number of nitrogens with two attached hydrogens (primary N) is 1. The fraction of sp³-hybridized carbons (Fsp3) is 0.188. The van der Waals surface area contributed by atoms with Gasteiger partial charge in [-0.05, 0) is 36.2 Å². The van der Waals surface area contributed by atoms with E-state index in [0.717, 1.165) is 27.2 Å². The first kappa shape index (κ1) is 14.1. The first-order chi connectivity index (χ1) is 10.2. The smallest absolute Gasteiger partial charge is 0.0958 e. The Labute approximate surface area is 128 Å². The van der Waals surface area contributed by atoms with Gasteiger partial charge in [-0.2, -0.15) is 0 Å². The van der Waals surface area contributed by atoms with Crippen LogP contribution in [0.15, 0.2) is 48.8 Å². The van der Waals surface area contributed by atoms with Gasteiger partial charge in [-0.3, -0.25) is 11.3 Å². The first-order valence-electron chi connectivity index (χ1n) is 6.81. The Balaban J connectivity index is 1.92. The van der Waals surface area contributed by atoms with E-state index in [1.165, 1.54) is 0 Å². The Morgan fingerprint density at radius 2 is 2.10 bits per heavy atom. The minimum absolute atomic E-state index is 0.0271. The van der Waals surface area contributed by atoms with Gasteiger partial charge in [-0.25, -0.2) is 4.98 Å². The topological polar surface area (TPSA) is 55.9 Å². The zero-order valence-electron chi connectivity index (χ0n) is 11.8. The number of nitrogens with one attached hydrogen (secondary N) is 1. The van der Waals surface area contributed by atoms with Gasteiger partial charge in [0.15, 0.2) is 0 Å². The molecule has 21 heavy (non-hydrogen) atoms. The number of nitrogens with zero attached hydrogens (tertiary/aromatic N) is 2. The molecule has 3 rings (SSSR count). The Bertz CT molecular complexity index is 766. The van der Waals surface area contributed by atoms with Crippen LogP contribution in [0.1, 0.15) is 17.2 Å². The van der Waals surface area contributed by atoms with Crippen LogP contribution in [0.4, 0.5) is 0 Å². The number of imidazole rings is 1. The quantitative estimate of drug-likeness (QED) is 0.574. The summed E-state index contributed by atoms with van der Waals surface area (Å²) >= 11 is 6.20. The molecule has 0 spiro atoms. The summed E-state index contributed by atoms with van der Waals surface area (Å²) in [6, 6.07) is 14.0. The highest BCUT2D eigenvalue weighted by molar-refractivity contribution is 6.31. The molecule has 1 heterocycles. The summed E-state index contributed by atoms with van der Waals surface area (Å²) in [4.78, 5) is 4.40. The molecule has 1 unspecified atom stereocenters. The van der Waals surface area contributed by atoms with Crippen LogP contribution < -0.4 is 11.3 Å². The third-order valence-corrected chi connectivity index (χ3v) is 4.11. The lowest BCUT2D eigenvalue weighted by Crippen LogP contribution is -2.31. The molecule has 108 valence electrons. The fourth-order valence-electron chi connectivity index (χ4n) is 2.43. The third-order valence-electron chi connectivity index (χ3n) is 3.71. The fourth-order valence-corrected chi connectivity index (χ4v) is 2.62.